The van der Waals surface area contributed by atoms with Gasteiger partial charge in [0, 0.05) is 30.5 Å². The predicted octanol–water partition coefficient (Wildman–Crippen LogP) is 1.21. The summed E-state index contributed by atoms with van der Waals surface area (Å²) in [5.41, 5.74) is 5.66. The Morgan fingerprint density at radius 3 is 2.94 bits per heavy atom. The number of hydrogen-bond acceptors (Lipinski definition) is 6. The Balaban J connectivity index is 2.13. The predicted molar refractivity (Wildman–Crippen MR) is 69.6 cm³/mol. The Bertz CT molecular complexity index is 368. The molecule has 0 amide bonds. The van der Waals surface area contributed by atoms with Crippen molar-refractivity contribution in [2.24, 2.45) is 5.73 Å². The molecule has 1 aromatic heterocycles. The molecule has 1 aromatic rings. The van der Waals surface area contributed by atoms with Gasteiger partial charge in [0.05, 0.1) is 18.8 Å². The van der Waals surface area contributed by atoms with E-state index in [1.165, 1.54) is 11.5 Å². The van der Waals surface area contributed by atoms with Gasteiger partial charge in [-0.05, 0) is 6.92 Å². The average Bonchev–Trinajstić information content (AvgIpc) is 2.79. The summed E-state index contributed by atoms with van der Waals surface area (Å²) < 4.78 is 10.0. The van der Waals surface area contributed by atoms with Crippen molar-refractivity contribution in [3.63, 3.8) is 0 Å². The summed E-state index contributed by atoms with van der Waals surface area (Å²) in [6, 6.07) is 0.339. The molecule has 2 rings (SSSR count). The molecule has 6 heteroatoms. The normalized spacial score (nSPS) is 25.6. The fourth-order valence-corrected chi connectivity index (χ4v) is 2.72. The second-order valence-corrected chi connectivity index (χ2v) is 5.51. The van der Waals surface area contributed by atoms with Gasteiger partial charge in [0.25, 0.3) is 0 Å². The minimum atomic E-state index is 0.109. The Hall–Kier alpha value is -0.720. The number of morpholine rings is 1. The van der Waals surface area contributed by atoms with E-state index in [9.17, 15) is 0 Å². The van der Waals surface area contributed by atoms with Gasteiger partial charge in [0.2, 0.25) is 5.13 Å². The summed E-state index contributed by atoms with van der Waals surface area (Å²) >= 11 is 1.47. The van der Waals surface area contributed by atoms with Gasteiger partial charge in [-0.15, -0.1) is 0 Å². The van der Waals surface area contributed by atoms with E-state index in [1.807, 2.05) is 0 Å². The summed E-state index contributed by atoms with van der Waals surface area (Å²) in [7, 11) is 0. The van der Waals surface area contributed by atoms with Gasteiger partial charge in [0.15, 0.2) is 0 Å². The van der Waals surface area contributed by atoms with Crippen LogP contribution in [0.4, 0.5) is 5.13 Å². The molecule has 5 nitrogen and oxygen atoms in total. The van der Waals surface area contributed by atoms with Gasteiger partial charge in [-0.2, -0.15) is 4.37 Å². The van der Waals surface area contributed by atoms with Gasteiger partial charge in [-0.1, -0.05) is 13.8 Å². The van der Waals surface area contributed by atoms with Gasteiger partial charge in [-0.25, -0.2) is 4.98 Å². The summed E-state index contributed by atoms with van der Waals surface area (Å²) in [5, 5.41) is 0.989. The van der Waals surface area contributed by atoms with Crippen LogP contribution in [0.3, 0.4) is 0 Å². The number of anilines is 1. The zero-order valence-electron chi connectivity index (χ0n) is 10.6. The number of hydrogen-bond donors (Lipinski definition) is 1. The maximum atomic E-state index is 5.66. The molecule has 0 radical (unpaired) electrons. The summed E-state index contributed by atoms with van der Waals surface area (Å²) in [5.74, 6) is 1.30. The average molecular weight is 256 g/mol. The Kier molecular flexibility index (Phi) is 3.96. The molecule has 1 aliphatic rings. The van der Waals surface area contributed by atoms with Crippen LogP contribution in [-0.4, -0.2) is 41.2 Å². The number of rotatable bonds is 3. The molecule has 96 valence electrons. The third-order valence-corrected chi connectivity index (χ3v) is 3.73. The largest absolute Gasteiger partial charge is 0.373 e. The minimum absolute atomic E-state index is 0.109. The molecule has 0 aliphatic carbocycles. The van der Waals surface area contributed by atoms with E-state index in [0.717, 1.165) is 17.5 Å². The maximum Gasteiger partial charge on any atom is 0.205 e. The first-order chi connectivity index (χ1) is 8.11. The van der Waals surface area contributed by atoms with Gasteiger partial charge in [-0.3, -0.25) is 0 Å². The molecular weight excluding hydrogens is 236 g/mol. The van der Waals surface area contributed by atoms with Gasteiger partial charge in [0.1, 0.15) is 5.82 Å². The van der Waals surface area contributed by atoms with Crippen LogP contribution in [-0.2, 0) is 4.74 Å². The Morgan fingerprint density at radius 2 is 2.35 bits per heavy atom. The first kappa shape index (κ1) is 12.7. The van der Waals surface area contributed by atoms with Crippen molar-refractivity contribution in [3.8, 4) is 0 Å². The fourth-order valence-electron chi connectivity index (χ4n) is 1.80. The highest BCUT2D eigenvalue weighted by Crippen LogP contribution is 2.25. The number of nitrogens with zero attached hydrogens (tertiary/aromatic N) is 3. The lowest BCUT2D eigenvalue weighted by molar-refractivity contribution is 0.0283. The highest BCUT2D eigenvalue weighted by molar-refractivity contribution is 7.09. The number of ether oxygens (including phenoxy) is 1. The van der Waals surface area contributed by atoms with E-state index < -0.39 is 0 Å². The summed E-state index contributed by atoms with van der Waals surface area (Å²) in [6.45, 7) is 8.43. The maximum absolute atomic E-state index is 5.66. The van der Waals surface area contributed by atoms with Crippen LogP contribution in [0, 0.1) is 0 Å². The molecule has 0 spiro atoms. The van der Waals surface area contributed by atoms with Crippen LogP contribution in [0.25, 0.3) is 0 Å². The molecule has 0 bridgehead atoms. The smallest absolute Gasteiger partial charge is 0.205 e. The molecular formula is C11H20N4OS. The van der Waals surface area contributed by atoms with E-state index in [2.05, 4.69) is 35.0 Å². The molecule has 2 N–H and O–H groups in total. The lowest BCUT2D eigenvalue weighted by Gasteiger charge is -2.37. The van der Waals surface area contributed by atoms with Crippen LogP contribution in [0.5, 0.6) is 0 Å². The van der Waals surface area contributed by atoms with Gasteiger partial charge < -0.3 is 15.4 Å². The second kappa shape index (κ2) is 5.29. The zero-order valence-corrected chi connectivity index (χ0v) is 11.4. The molecule has 1 aliphatic heterocycles. The van der Waals surface area contributed by atoms with Crippen molar-refractivity contribution in [1.82, 2.24) is 9.36 Å². The Labute approximate surface area is 106 Å². The van der Waals surface area contributed by atoms with Crippen molar-refractivity contribution >= 4 is 16.7 Å². The third kappa shape index (κ3) is 2.75. The van der Waals surface area contributed by atoms with Crippen LogP contribution in [0.2, 0.25) is 0 Å². The van der Waals surface area contributed by atoms with Crippen molar-refractivity contribution in [1.29, 1.82) is 0 Å². The van der Waals surface area contributed by atoms with Crippen LogP contribution in [0.1, 0.15) is 32.5 Å². The highest BCUT2D eigenvalue weighted by Gasteiger charge is 2.27. The SMILES string of the molecule is CC(C)c1nsc(N2CC(CN)OCC2C)n1. The lowest BCUT2D eigenvalue weighted by Crippen LogP contribution is -2.50. The molecule has 1 saturated heterocycles. The monoisotopic (exact) mass is 256 g/mol. The molecule has 0 saturated carbocycles. The van der Waals surface area contributed by atoms with E-state index in [1.54, 1.807) is 0 Å². The number of aromatic nitrogens is 2. The van der Waals surface area contributed by atoms with E-state index in [0.29, 0.717) is 25.1 Å². The number of nitrogens with two attached hydrogens (primary N) is 1. The minimum Gasteiger partial charge on any atom is -0.373 e. The fraction of sp³-hybridized carbons (Fsp3) is 0.818. The molecule has 2 heterocycles. The molecule has 2 atom stereocenters. The standard InChI is InChI=1S/C11H20N4OS/c1-7(2)10-13-11(17-14-10)15-5-9(4-12)16-6-8(15)3/h7-9H,4-6,12H2,1-3H3. The summed E-state index contributed by atoms with van der Waals surface area (Å²) in [6.07, 6.45) is 0.109. The second-order valence-electron chi connectivity index (χ2n) is 4.78. The van der Waals surface area contributed by atoms with Crippen molar-refractivity contribution < 1.29 is 4.74 Å². The lowest BCUT2D eigenvalue weighted by atomic mass is 10.2. The molecule has 17 heavy (non-hydrogen) atoms. The molecule has 2 unspecified atom stereocenters. The van der Waals surface area contributed by atoms with E-state index in [-0.39, 0.29) is 6.10 Å². The Morgan fingerprint density at radius 1 is 1.59 bits per heavy atom. The molecule has 1 fully saturated rings. The third-order valence-electron chi connectivity index (χ3n) is 2.96. The van der Waals surface area contributed by atoms with E-state index >= 15 is 0 Å². The van der Waals surface area contributed by atoms with Gasteiger partial charge >= 0.3 is 0 Å². The van der Waals surface area contributed by atoms with Crippen molar-refractivity contribution in [3.05, 3.63) is 5.82 Å². The molecule has 0 aromatic carbocycles. The van der Waals surface area contributed by atoms with Crippen molar-refractivity contribution in [2.75, 3.05) is 24.6 Å². The first-order valence-electron chi connectivity index (χ1n) is 6.03. The van der Waals surface area contributed by atoms with E-state index in [4.69, 9.17) is 10.5 Å². The zero-order chi connectivity index (χ0) is 12.4. The quantitative estimate of drug-likeness (QED) is 0.880. The highest BCUT2D eigenvalue weighted by atomic mass is 32.1. The summed E-state index contributed by atoms with van der Waals surface area (Å²) in [4.78, 5) is 6.84. The van der Waals surface area contributed by atoms with Crippen LogP contribution < -0.4 is 10.6 Å². The van der Waals surface area contributed by atoms with Crippen LogP contribution in [0.15, 0.2) is 0 Å². The topological polar surface area (TPSA) is 64.3 Å². The van der Waals surface area contributed by atoms with Crippen LogP contribution >= 0.6 is 11.5 Å². The van der Waals surface area contributed by atoms with Crippen molar-refractivity contribution in [2.45, 2.75) is 38.8 Å². The first-order valence-corrected chi connectivity index (χ1v) is 6.81.